The first-order valence-electron chi connectivity index (χ1n) is 11.1. The van der Waals surface area contributed by atoms with E-state index in [-0.39, 0.29) is 17.4 Å². The van der Waals surface area contributed by atoms with Crippen LogP contribution in [-0.2, 0) is 10.2 Å². The zero-order chi connectivity index (χ0) is 22.5. The van der Waals surface area contributed by atoms with Gasteiger partial charge < -0.3 is 10.2 Å². The summed E-state index contributed by atoms with van der Waals surface area (Å²) in [4.78, 5) is 24.0. The minimum absolute atomic E-state index is 0.0750. The van der Waals surface area contributed by atoms with Gasteiger partial charge in [-0.05, 0) is 42.0 Å². The van der Waals surface area contributed by atoms with Crippen molar-refractivity contribution in [3.05, 3.63) is 71.5 Å². The van der Waals surface area contributed by atoms with E-state index in [9.17, 15) is 4.79 Å². The highest BCUT2D eigenvalue weighted by atomic mass is 16.1. The number of hydrogen-bond acceptors (Lipinski definition) is 7. The number of azo groups is 1. The molecule has 1 N–H and O–H groups in total. The first-order chi connectivity index (χ1) is 15.4. The van der Waals surface area contributed by atoms with Crippen molar-refractivity contribution >= 4 is 17.3 Å². The van der Waals surface area contributed by atoms with Crippen molar-refractivity contribution < 1.29 is 4.79 Å². The van der Waals surface area contributed by atoms with Crippen LogP contribution in [0, 0.1) is 5.41 Å². The summed E-state index contributed by atoms with van der Waals surface area (Å²) >= 11 is 0. The maximum atomic E-state index is 13.6. The average Bonchev–Trinajstić information content (AvgIpc) is 3.25. The monoisotopic (exact) mass is 428 g/mol. The third-order valence-corrected chi connectivity index (χ3v) is 6.95. The van der Waals surface area contributed by atoms with Gasteiger partial charge in [-0.2, -0.15) is 10.2 Å². The van der Waals surface area contributed by atoms with Gasteiger partial charge >= 0.3 is 0 Å². The third-order valence-electron chi connectivity index (χ3n) is 6.95. The molecule has 2 unspecified atom stereocenters. The smallest absolute Gasteiger partial charge is 0.164 e. The Labute approximate surface area is 188 Å². The lowest BCUT2D eigenvalue weighted by atomic mass is 9.59. The molecule has 0 fully saturated rings. The van der Waals surface area contributed by atoms with Crippen LogP contribution in [0.3, 0.4) is 0 Å². The van der Waals surface area contributed by atoms with E-state index in [0.717, 1.165) is 46.8 Å². The molecule has 1 aromatic carbocycles. The first kappa shape index (κ1) is 20.5. The predicted octanol–water partition coefficient (Wildman–Crippen LogP) is 4.81. The summed E-state index contributed by atoms with van der Waals surface area (Å²) in [7, 11) is 1.99. The van der Waals surface area contributed by atoms with Crippen LogP contribution in [0.4, 0.5) is 11.5 Å². The van der Waals surface area contributed by atoms with Gasteiger partial charge in [0.05, 0.1) is 11.6 Å². The van der Waals surface area contributed by atoms with Crippen molar-refractivity contribution in [2.24, 2.45) is 15.6 Å². The van der Waals surface area contributed by atoms with Crippen LogP contribution in [0.25, 0.3) is 0 Å². The Balaban J connectivity index is 1.68. The number of rotatable bonds is 4. The molecule has 164 valence electrons. The normalized spacial score (nSPS) is 25.7. The molecule has 3 heterocycles. The lowest BCUT2D eigenvalue weighted by molar-refractivity contribution is -0.119. The fraction of sp³-hybridized carbons (Fsp3) is 0.400. The number of benzene rings is 1. The molecular weight excluding hydrogens is 400 g/mol. The Hall–Kier alpha value is -3.35. The van der Waals surface area contributed by atoms with Gasteiger partial charge in [0.2, 0.25) is 0 Å². The van der Waals surface area contributed by atoms with Crippen LogP contribution < -0.4 is 10.2 Å². The summed E-state index contributed by atoms with van der Waals surface area (Å²) in [5.74, 6) is 1.03. The molecule has 2 aliphatic heterocycles. The fourth-order valence-electron chi connectivity index (χ4n) is 5.48. The van der Waals surface area contributed by atoms with Gasteiger partial charge in [-0.1, -0.05) is 32.9 Å². The van der Waals surface area contributed by atoms with E-state index in [4.69, 9.17) is 0 Å². The number of nitrogens with one attached hydrogen (secondary N) is 1. The molecule has 7 heteroatoms. The van der Waals surface area contributed by atoms with E-state index in [1.54, 1.807) is 12.5 Å². The summed E-state index contributed by atoms with van der Waals surface area (Å²) in [5.41, 5.74) is 4.42. The standard InChI is InChI=1S/C25H28N6O/c1-5-25(16-7-6-8-17(11-16)31(4)21-9-10-26-15-27-21)18-14-28-30-23(18)29-19-12-24(2,3)13-20(32)22(19)25/h6-11,14-15,23,29H,5,12-13H2,1-4H3. The summed E-state index contributed by atoms with van der Waals surface area (Å²) in [6.07, 6.45) is 7.04. The predicted molar refractivity (Wildman–Crippen MR) is 123 cm³/mol. The molecule has 1 aromatic heterocycles. The summed E-state index contributed by atoms with van der Waals surface area (Å²) in [5, 5.41) is 12.2. The molecule has 0 radical (unpaired) electrons. The van der Waals surface area contributed by atoms with Crippen LogP contribution in [0.15, 0.2) is 76.1 Å². The van der Waals surface area contributed by atoms with Crippen LogP contribution in [0.5, 0.6) is 0 Å². The molecule has 32 heavy (non-hydrogen) atoms. The quantitative estimate of drug-likeness (QED) is 0.755. The van der Waals surface area contributed by atoms with Crippen molar-refractivity contribution in [3.8, 4) is 0 Å². The Morgan fingerprint density at radius 1 is 1.22 bits per heavy atom. The molecule has 0 saturated heterocycles. The molecule has 0 spiro atoms. The van der Waals surface area contributed by atoms with Gasteiger partial charge in [-0.25, -0.2) is 9.97 Å². The van der Waals surface area contributed by atoms with Crippen LogP contribution in [0.2, 0.25) is 0 Å². The van der Waals surface area contributed by atoms with Gasteiger partial charge in [0.15, 0.2) is 11.9 Å². The van der Waals surface area contributed by atoms with Crippen molar-refractivity contribution in [3.63, 3.8) is 0 Å². The molecule has 2 atom stereocenters. The number of Topliss-reactive ketones (excluding diaryl/α,β-unsaturated/α-hetero) is 1. The maximum absolute atomic E-state index is 13.6. The highest BCUT2D eigenvalue weighted by Gasteiger charge is 2.53. The zero-order valence-electron chi connectivity index (χ0n) is 19.0. The fourth-order valence-corrected chi connectivity index (χ4v) is 5.48. The number of hydrogen-bond donors (Lipinski definition) is 1. The first-order valence-corrected chi connectivity index (χ1v) is 11.1. The van der Waals surface area contributed by atoms with E-state index >= 15 is 0 Å². The Bertz CT molecular complexity index is 1170. The minimum atomic E-state index is -0.551. The number of nitrogens with zero attached hydrogens (tertiary/aromatic N) is 5. The lowest BCUT2D eigenvalue weighted by Gasteiger charge is -2.48. The van der Waals surface area contributed by atoms with Crippen LogP contribution in [-0.4, -0.2) is 29.0 Å². The Morgan fingerprint density at radius 2 is 2.06 bits per heavy atom. The second kappa shape index (κ2) is 7.36. The molecule has 0 saturated carbocycles. The number of aromatic nitrogens is 2. The van der Waals surface area contributed by atoms with Gasteiger partial charge in [0, 0.05) is 42.2 Å². The SMILES string of the molecule is CCC1(c2cccc(N(C)c3ccncn3)c2)C2=CN=NC2NC2=C1C(=O)CC(C)(C)C2. The van der Waals surface area contributed by atoms with Gasteiger partial charge in [0.25, 0.3) is 0 Å². The number of ketones is 1. The summed E-state index contributed by atoms with van der Waals surface area (Å²) in [6.45, 7) is 6.46. The minimum Gasteiger partial charge on any atom is -0.362 e. The van der Waals surface area contributed by atoms with Crippen molar-refractivity contribution in [2.45, 2.75) is 51.6 Å². The molecule has 0 bridgehead atoms. The highest BCUT2D eigenvalue weighted by molar-refractivity contribution is 6.01. The highest BCUT2D eigenvalue weighted by Crippen LogP contribution is 2.54. The van der Waals surface area contributed by atoms with E-state index in [2.05, 4.69) is 70.5 Å². The third kappa shape index (κ3) is 3.06. The molecular formula is C25H28N6O. The second-order valence-electron chi connectivity index (χ2n) is 9.59. The number of fused-ring (bicyclic) bond motifs is 1. The van der Waals surface area contributed by atoms with Crippen molar-refractivity contribution in [2.75, 3.05) is 11.9 Å². The molecule has 3 aliphatic rings. The second-order valence-corrected chi connectivity index (χ2v) is 9.59. The maximum Gasteiger partial charge on any atom is 0.164 e. The van der Waals surface area contributed by atoms with Gasteiger partial charge in [-0.15, -0.1) is 0 Å². The summed E-state index contributed by atoms with van der Waals surface area (Å²) < 4.78 is 0. The van der Waals surface area contributed by atoms with Crippen LogP contribution in [0.1, 0.15) is 45.6 Å². The van der Waals surface area contributed by atoms with Gasteiger partial charge in [-0.3, -0.25) is 4.79 Å². The van der Waals surface area contributed by atoms with E-state index < -0.39 is 5.41 Å². The zero-order valence-corrected chi connectivity index (χ0v) is 19.0. The molecule has 7 nitrogen and oxygen atoms in total. The van der Waals surface area contributed by atoms with E-state index in [1.807, 2.05) is 24.2 Å². The van der Waals surface area contributed by atoms with E-state index in [0.29, 0.717) is 6.42 Å². The number of anilines is 2. The van der Waals surface area contributed by atoms with Crippen LogP contribution >= 0.6 is 0 Å². The molecule has 2 aromatic rings. The largest absolute Gasteiger partial charge is 0.362 e. The average molecular weight is 429 g/mol. The Kier molecular flexibility index (Phi) is 4.73. The van der Waals surface area contributed by atoms with Crippen molar-refractivity contribution in [1.29, 1.82) is 0 Å². The molecule has 0 amide bonds. The van der Waals surface area contributed by atoms with Crippen molar-refractivity contribution in [1.82, 2.24) is 15.3 Å². The number of carbonyl (C=O) groups excluding carboxylic acids is 1. The summed E-state index contributed by atoms with van der Waals surface area (Å²) in [6, 6.07) is 10.3. The molecule has 1 aliphatic carbocycles. The van der Waals surface area contributed by atoms with E-state index in [1.165, 1.54) is 0 Å². The topological polar surface area (TPSA) is 82.8 Å². The van der Waals surface area contributed by atoms with Gasteiger partial charge in [0.1, 0.15) is 12.1 Å². The molecule has 5 rings (SSSR count). The Morgan fingerprint density at radius 3 is 2.81 bits per heavy atom. The lowest BCUT2D eigenvalue weighted by Crippen LogP contribution is -2.51. The number of carbonyl (C=O) groups is 1. The number of allylic oxidation sites excluding steroid dienone is 2.